The number of carbonyl (C=O) groups excluding carboxylic acids is 1. The van der Waals surface area contributed by atoms with Crippen LogP contribution in [-0.2, 0) is 10.0 Å². The number of aliphatic hydroxyl groups is 1. The van der Waals surface area contributed by atoms with E-state index in [1.807, 2.05) is 68.4 Å². The van der Waals surface area contributed by atoms with Gasteiger partial charge in [0.25, 0.3) is 0 Å². The van der Waals surface area contributed by atoms with E-state index in [1.165, 1.54) is 9.21 Å². The van der Waals surface area contributed by atoms with Crippen LogP contribution in [0.25, 0.3) is 11.1 Å². The predicted molar refractivity (Wildman–Crippen MR) is 149 cm³/mol. The Bertz CT molecular complexity index is 1360. The van der Waals surface area contributed by atoms with Gasteiger partial charge in [0.2, 0.25) is 10.0 Å². The van der Waals surface area contributed by atoms with Crippen LogP contribution in [0.3, 0.4) is 0 Å². The number of ether oxygens (including phenoxy) is 1. The van der Waals surface area contributed by atoms with Crippen molar-refractivity contribution in [3.05, 3.63) is 78.4 Å². The van der Waals surface area contributed by atoms with Gasteiger partial charge >= 0.3 is 6.03 Å². The Morgan fingerprint density at radius 2 is 1.76 bits per heavy atom. The molecule has 3 atom stereocenters. The van der Waals surface area contributed by atoms with Crippen molar-refractivity contribution in [2.45, 2.75) is 37.8 Å². The van der Waals surface area contributed by atoms with Crippen molar-refractivity contribution < 1.29 is 23.1 Å². The van der Waals surface area contributed by atoms with Gasteiger partial charge in [-0.05, 0) is 49.2 Å². The summed E-state index contributed by atoms with van der Waals surface area (Å²) in [6.07, 6.45) is -0.502. The Labute approximate surface area is 224 Å². The van der Waals surface area contributed by atoms with E-state index in [0.717, 1.165) is 16.7 Å². The van der Waals surface area contributed by atoms with Crippen LogP contribution in [0, 0.1) is 12.8 Å². The van der Waals surface area contributed by atoms with Crippen molar-refractivity contribution >= 4 is 21.7 Å². The number of benzene rings is 3. The second-order valence-electron chi connectivity index (χ2n) is 9.94. The number of amides is 2. The fourth-order valence-corrected chi connectivity index (χ4v) is 6.29. The molecule has 0 spiro atoms. The van der Waals surface area contributed by atoms with Gasteiger partial charge in [0.15, 0.2) is 0 Å². The van der Waals surface area contributed by atoms with Crippen molar-refractivity contribution in [1.29, 1.82) is 0 Å². The van der Waals surface area contributed by atoms with Crippen LogP contribution in [0.2, 0.25) is 0 Å². The largest absolute Gasteiger partial charge is 0.487 e. The molecule has 8 nitrogen and oxygen atoms in total. The van der Waals surface area contributed by atoms with Gasteiger partial charge < -0.3 is 20.1 Å². The van der Waals surface area contributed by atoms with E-state index in [0.29, 0.717) is 5.69 Å². The Kier molecular flexibility index (Phi) is 8.40. The number of nitrogens with zero attached hydrogens (tertiary/aromatic N) is 2. The van der Waals surface area contributed by atoms with E-state index in [-0.39, 0.29) is 42.3 Å². The molecule has 0 fully saturated rings. The van der Waals surface area contributed by atoms with E-state index >= 15 is 0 Å². The molecular weight excluding hydrogens is 502 g/mol. The molecule has 0 saturated carbocycles. The maximum Gasteiger partial charge on any atom is 0.321 e. The predicted octanol–water partition coefficient (Wildman–Crippen LogP) is 4.59. The number of fused-ring (bicyclic) bond motifs is 1. The summed E-state index contributed by atoms with van der Waals surface area (Å²) in [6, 6.07) is 21.3. The van der Waals surface area contributed by atoms with Gasteiger partial charge in [0.05, 0.1) is 13.2 Å². The van der Waals surface area contributed by atoms with Crippen LogP contribution in [0.15, 0.2) is 77.7 Å². The first-order valence-electron chi connectivity index (χ1n) is 12.7. The average Bonchev–Trinajstić information content (AvgIpc) is 2.91. The zero-order valence-corrected chi connectivity index (χ0v) is 23.0. The molecule has 0 bridgehead atoms. The summed E-state index contributed by atoms with van der Waals surface area (Å²) in [6.45, 7) is 5.65. The number of urea groups is 1. The molecule has 38 heavy (non-hydrogen) atoms. The van der Waals surface area contributed by atoms with Crippen molar-refractivity contribution in [3.8, 4) is 16.9 Å². The molecule has 9 heteroatoms. The Morgan fingerprint density at radius 3 is 2.42 bits per heavy atom. The van der Waals surface area contributed by atoms with Gasteiger partial charge in [-0.1, -0.05) is 61.0 Å². The van der Waals surface area contributed by atoms with Gasteiger partial charge in [-0.2, -0.15) is 4.31 Å². The lowest BCUT2D eigenvalue weighted by Gasteiger charge is -2.37. The fraction of sp³-hybridized carbons (Fsp3) is 0.345. The summed E-state index contributed by atoms with van der Waals surface area (Å²) in [4.78, 5) is 14.5. The van der Waals surface area contributed by atoms with Crippen LogP contribution in [0.4, 0.5) is 10.5 Å². The number of hydrogen-bond donors (Lipinski definition) is 2. The number of rotatable bonds is 6. The molecule has 0 aromatic heterocycles. The first kappa shape index (κ1) is 27.6. The second kappa shape index (κ2) is 11.6. The first-order chi connectivity index (χ1) is 18.1. The van der Waals surface area contributed by atoms with E-state index in [4.69, 9.17) is 4.74 Å². The molecule has 0 aliphatic carbocycles. The smallest absolute Gasteiger partial charge is 0.321 e. The van der Waals surface area contributed by atoms with Gasteiger partial charge in [0.1, 0.15) is 16.7 Å². The lowest BCUT2D eigenvalue weighted by molar-refractivity contribution is 0.0830. The summed E-state index contributed by atoms with van der Waals surface area (Å²) in [5, 5.41) is 12.7. The number of anilines is 1. The van der Waals surface area contributed by atoms with Crippen LogP contribution in [0.5, 0.6) is 5.75 Å². The molecule has 4 rings (SSSR count). The normalized spacial score (nSPS) is 19.8. The molecular formula is C29H35N3O5S. The fourth-order valence-electron chi connectivity index (χ4n) is 4.46. The highest BCUT2D eigenvalue weighted by molar-refractivity contribution is 7.89. The van der Waals surface area contributed by atoms with Gasteiger partial charge in [-0.15, -0.1) is 0 Å². The number of likely N-dealkylation sites (N-methyl/N-ethyl adjacent to an activating group) is 1. The summed E-state index contributed by atoms with van der Waals surface area (Å²) >= 11 is 0. The molecule has 0 saturated heterocycles. The number of carbonyl (C=O) groups is 1. The van der Waals surface area contributed by atoms with Crippen molar-refractivity contribution in [2.24, 2.45) is 5.92 Å². The van der Waals surface area contributed by atoms with Crippen LogP contribution in [0.1, 0.15) is 19.4 Å². The van der Waals surface area contributed by atoms with Crippen molar-refractivity contribution in [1.82, 2.24) is 9.21 Å². The lowest BCUT2D eigenvalue weighted by atomic mass is 10.0. The molecule has 3 aromatic carbocycles. The maximum absolute atomic E-state index is 13.7. The van der Waals surface area contributed by atoms with Crippen molar-refractivity contribution in [2.75, 3.05) is 32.1 Å². The highest BCUT2D eigenvalue weighted by Crippen LogP contribution is 2.36. The van der Waals surface area contributed by atoms with Crippen LogP contribution < -0.4 is 10.1 Å². The summed E-state index contributed by atoms with van der Waals surface area (Å²) in [5.74, 6) is -0.0476. The standard InChI is InChI=1S/C29H35N3O5S/c1-20-10-12-23(13-11-20)24-14-15-28-26(16-24)37-27(21(2)17-32(22(3)19-33)38(28,35)36)18-31(4)29(34)30-25-8-6-5-7-9-25/h5-16,21-22,27,33H,17-19H2,1-4H3,(H,30,34)/t21-,22-,27+/m1/s1. The second-order valence-corrected chi connectivity index (χ2v) is 11.8. The molecule has 1 heterocycles. The number of aliphatic hydroxyl groups excluding tert-OH is 1. The third kappa shape index (κ3) is 6.01. The molecule has 0 radical (unpaired) electrons. The minimum Gasteiger partial charge on any atom is -0.487 e. The van der Waals surface area contributed by atoms with E-state index in [2.05, 4.69) is 5.32 Å². The Morgan fingerprint density at radius 1 is 1.11 bits per heavy atom. The van der Waals surface area contributed by atoms with E-state index in [1.54, 1.807) is 32.2 Å². The molecule has 3 aromatic rings. The highest BCUT2D eigenvalue weighted by Gasteiger charge is 2.38. The Balaban J connectivity index is 1.69. The molecule has 2 N–H and O–H groups in total. The first-order valence-corrected chi connectivity index (χ1v) is 14.1. The third-order valence-corrected chi connectivity index (χ3v) is 8.90. The quantitative estimate of drug-likeness (QED) is 0.479. The summed E-state index contributed by atoms with van der Waals surface area (Å²) in [5.41, 5.74) is 3.56. The van der Waals surface area contributed by atoms with Gasteiger partial charge in [-0.3, -0.25) is 0 Å². The average molecular weight is 538 g/mol. The third-order valence-electron chi connectivity index (χ3n) is 6.88. The van der Waals surface area contributed by atoms with Gasteiger partial charge in [-0.25, -0.2) is 13.2 Å². The number of hydrogen-bond acceptors (Lipinski definition) is 5. The lowest BCUT2D eigenvalue weighted by Crippen LogP contribution is -2.50. The number of nitrogens with one attached hydrogen (secondary N) is 1. The minimum atomic E-state index is -3.95. The van der Waals surface area contributed by atoms with E-state index < -0.39 is 22.2 Å². The molecule has 1 aliphatic rings. The molecule has 1 aliphatic heterocycles. The number of sulfonamides is 1. The zero-order valence-electron chi connectivity index (χ0n) is 22.2. The number of aryl methyl sites for hydroxylation is 1. The molecule has 0 unspecified atom stereocenters. The minimum absolute atomic E-state index is 0.0435. The number of para-hydroxylation sites is 1. The zero-order chi connectivity index (χ0) is 27.4. The SMILES string of the molecule is Cc1ccc(-c2ccc3c(c2)O[C@@H](CN(C)C(=O)Nc2ccccc2)[C@H](C)CN([C@H](C)CO)S3(=O)=O)cc1. The molecule has 2 amide bonds. The monoisotopic (exact) mass is 537 g/mol. The summed E-state index contributed by atoms with van der Waals surface area (Å²) < 4.78 is 35.2. The summed E-state index contributed by atoms with van der Waals surface area (Å²) in [7, 11) is -2.26. The van der Waals surface area contributed by atoms with Crippen LogP contribution in [-0.4, -0.2) is 67.7 Å². The topological polar surface area (TPSA) is 99.2 Å². The Hall–Kier alpha value is -3.40. The van der Waals surface area contributed by atoms with Gasteiger partial charge in [0, 0.05) is 31.2 Å². The highest BCUT2D eigenvalue weighted by atomic mass is 32.2. The maximum atomic E-state index is 13.7. The van der Waals surface area contributed by atoms with Crippen LogP contribution >= 0.6 is 0 Å². The van der Waals surface area contributed by atoms with E-state index in [9.17, 15) is 18.3 Å². The van der Waals surface area contributed by atoms with Crippen molar-refractivity contribution in [3.63, 3.8) is 0 Å². The molecule has 202 valence electrons.